The summed E-state index contributed by atoms with van der Waals surface area (Å²) in [6.07, 6.45) is 3.90. The Morgan fingerprint density at radius 2 is 1.58 bits per heavy atom. The number of aryl methyl sites for hydroxylation is 2. The van der Waals surface area contributed by atoms with Crippen LogP contribution in [0.15, 0.2) is 35.2 Å². The number of carboxylic acid groups (broad SMARTS) is 1. The molecule has 0 bridgehead atoms. The Kier molecular flexibility index (Phi) is 8.69. The van der Waals surface area contributed by atoms with Crippen molar-refractivity contribution in [1.29, 1.82) is 0 Å². The molecule has 0 amide bonds. The molecule has 170 valence electrons. The molecule has 0 aromatic heterocycles. The Hall–Kier alpha value is -2.34. The molecule has 2 rings (SSSR count). The van der Waals surface area contributed by atoms with Crippen molar-refractivity contribution < 1.29 is 18.3 Å². The zero-order valence-corrected chi connectivity index (χ0v) is 20.2. The zero-order valence-electron chi connectivity index (χ0n) is 19.4. The van der Waals surface area contributed by atoms with Crippen LogP contribution in [-0.2, 0) is 9.84 Å². The Balaban J connectivity index is 2.94. The molecule has 0 spiro atoms. The molecule has 2 aromatic rings. The summed E-state index contributed by atoms with van der Waals surface area (Å²) in [5.41, 5.74) is 4.23. The van der Waals surface area contributed by atoms with E-state index in [1.54, 1.807) is 13.0 Å². The molecule has 0 aliphatic carbocycles. The lowest BCUT2D eigenvalue weighted by atomic mass is 9.95. The molecule has 6 heteroatoms. The topological polar surface area (TPSA) is 74.7 Å². The van der Waals surface area contributed by atoms with Gasteiger partial charge in [0.2, 0.25) is 0 Å². The second-order valence-electron chi connectivity index (χ2n) is 8.09. The Morgan fingerprint density at radius 1 is 0.968 bits per heavy atom. The third kappa shape index (κ3) is 5.88. The maximum absolute atomic E-state index is 13.1. The van der Waals surface area contributed by atoms with Crippen molar-refractivity contribution in [2.24, 2.45) is 0 Å². The lowest BCUT2D eigenvalue weighted by Gasteiger charge is -2.29. The van der Waals surface area contributed by atoms with Crippen LogP contribution in [0.2, 0.25) is 0 Å². The number of aromatic carboxylic acids is 1. The summed E-state index contributed by atoms with van der Waals surface area (Å²) in [5, 5.41) is 9.75. The molecule has 0 atom stereocenters. The summed E-state index contributed by atoms with van der Waals surface area (Å²) in [6.45, 7) is 11.3. The van der Waals surface area contributed by atoms with E-state index in [0.29, 0.717) is 11.3 Å². The number of hydrogen-bond donors (Lipinski definition) is 1. The first-order chi connectivity index (χ1) is 14.7. The lowest BCUT2D eigenvalue weighted by molar-refractivity contribution is 0.0696. The fraction of sp³-hybridized carbons (Fsp3) is 0.480. The zero-order chi connectivity index (χ0) is 23.2. The quantitative estimate of drug-likeness (QED) is 0.468. The number of hydrogen-bond acceptors (Lipinski definition) is 4. The second-order valence-corrected chi connectivity index (χ2v) is 10.3. The van der Waals surface area contributed by atoms with Crippen LogP contribution in [0.4, 0.5) is 5.69 Å². The van der Waals surface area contributed by atoms with Crippen molar-refractivity contribution >= 4 is 21.5 Å². The monoisotopic (exact) mass is 445 g/mol. The van der Waals surface area contributed by atoms with Crippen LogP contribution in [0.1, 0.15) is 67.9 Å². The van der Waals surface area contributed by atoms with Crippen LogP contribution in [0.5, 0.6) is 0 Å². The van der Waals surface area contributed by atoms with Crippen LogP contribution < -0.4 is 4.90 Å². The molecule has 0 aliphatic rings. The summed E-state index contributed by atoms with van der Waals surface area (Å²) in [4.78, 5) is 14.2. The Bertz CT molecular complexity index is 1020. The molecule has 0 fully saturated rings. The fourth-order valence-electron chi connectivity index (χ4n) is 3.79. The smallest absolute Gasteiger partial charge is 0.335 e. The number of benzene rings is 2. The highest BCUT2D eigenvalue weighted by molar-refractivity contribution is 7.91. The standard InChI is InChI=1S/C25H35NO4S/c1-6-9-13-26(14-10-7-2)22-16-20(25(27)28)17-23(31(29,30)8-3)24(22)21-12-11-18(4)15-19(21)5/h11-12,15-17H,6-10,13-14H2,1-5H3,(H,27,28). The minimum Gasteiger partial charge on any atom is -0.478 e. The van der Waals surface area contributed by atoms with E-state index in [2.05, 4.69) is 18.7 Å². The average molecular weight is 446 g/mol. The molecule has 2 aromatic carbocycles. The van der Waals surface area contributed by atoms with Crippen molar-refractivity contribution in [2.45, 2.75) is 65.2 Å². The maximum Gasteiger partial charge on any atom is 0.335 e. The van der Waals surface area contributed by atoms with Gasteiger partial charge >= 0.3 is 5.97 Å². The summed E-state index contributed by atoms with van der Waals surface area (Å²) >= 11 is 0. The first-order valence-electron chi connectivity index (χ1n) is 11.1. The third-order valence-corrected chi connectivity index (χ3v) is 7.35. The predicted molar refractivity (Wildman–Crippen MR) is 128 cm³/mol. The van der Waals surface area contributed by atoms with Crippen LogP contribution in [0, 0.1) is 13.8 Å². The van der Waals surface area contributed by atoms with Crippen molar-refractivity contribution in [2.75, 3.05) is 23.7 Å². The third-order valence-electron chi connectivity index (χ3n) is 5.60. The van der Waals surface area contributed by atoms with Crippen LogP contribution >= 0.6 is 0 Å². The number of carboxylic acids is 1. The highest BCUT2D eigenvalue weighted by Gasteiger charge is 2.27. The minimum atomic E-state index is -3.65. The average Bonchev–Trinajstić information content (AvgIpc) is 2.73. The first kappa shape index (κ1) is 24.9. The fourth-order valence-corrected chi connectivity index (χ4v) is 4.93. The summed E-state index contributed by atoms with van der Waals surface area (Å²) in [6, 6.07) is 8.95. The molecular formula is C25H35NO4S. The van der Waals surface area contributed by atoms with Crippen molar-refractivity contribution in [1.82, 2.24) is 0 Å². The predicted octanol–water partition coefficient (Wildman–Crippen LogP) is 5.87. The summed E-state index contributed by atoms with van der Waals surface area (Å²) < 4.78 is 26.3. The normalized spacial score (nSPS) is 11.5. The molecular weight excluding hydrogens is 410 g/mol. The van der Waals surface area contributed by atoms with E-state index in [-0.39, 0.29) is 16.2 Å². The molecule has 0 radical (unpaired) electrons. The van der Waals surface area contributed by atoms with Gasteiger partial charge in [0.05, 0.1) is 16.2 Å². The lowest BCUT2D eigenvalue weighted by Crippen LogP contribution is -2.27. The van der Waals surface area contributed by atoms with Gasteiger partial charge in [-0.25, -0.2) is 13.2 Å². The van der Waals surface area contributed by atoms with Crippen molar-refractivity contribution in [3.8, 4) is 11.1 Å². The second kappa shape index (κ2) is 10.8. The summed E-state index contributed by atoms with van der Waals surface area (Å²) in [7, 11) is -3.65. The van der Waals surface area contributed by atoms with E-state index in [1.165, 1.54) is 6.07 Å². The molecule has 0 saturated heterocycles. The van der Waals surface area contributed by atoms with E-state index >= 15 is 0 Å². The van der Waals surface area contributed by atoms with E-state index in [4.69, 9.17) is 0 Å². The van der Waals surface area contributed by atoms with Gasteiger partial charge in [0.15, 0.2) is 9.84 Å². The van der Waals surface area contributed by atoms with Gasteiger partial charge in [-0.2, -0.15) is 0 Å². The number of anilines is 1. The molecule has 0 saturated carbocycles. The molecule has 31 heavy (non-hydrogen) atoms. The molecule has 1 N–H and O–H groups in total. The molecule has 0 aliphatic heterocycles. The number of rotatable bonds is 11. The van der Waals surface area contributed by atoms with E-state index in [1.807, 2.05) is 32.0 Å². The van der Waals surface area contributed by atoms with Crippen molar-refractivity contribution in [3.05, 3.63) is 47.0 Å². The van der Waals surface area contributed by atoms with Gasteiger partial charge in [-0.15, -0.1) is 0 Å². The number of sulfone groups is 1. The largest absolute Gasteiger partial charge is 0.478 e. The number of nitrogens with zero attached hydrogens (tertiary/aromatic N) is 1. The molecule has 0 unspecified atom stereocenters. The molecule has 5 nitrogen and oxygen atoms in total. The van der Waals surface area contributed by atoms with Gasteiger partial charge < -0.3 is 10.0 Å². The Labute approximate surface area is 187 Å². The SMILES string of the molecule is CCCCN(CCCC)c1cc(C(=O)O)cc(S(=O)(=O)CC)c1-c1ccc(C)cc1C. The van der Waals surface area contributed by atoms with Gasteiger partial charge in [0, 0.05) is 24.3 Å². The molecule has 0 heterocycles. The highest BCUT2D eigenvalue weighted by Crippen LogP contribution is 2.40. The van der Waals surface area contributed by atoms with Gasteiger partial charge in [0.1, 0.15) is 0 Å². The first-order valence-corrected chi connectivity index (χ1v) is 12.8. The number of carbonyl (C=O) groups is 1. The van der Waals surface area contributed by atoms with Crippen LogP contribution in [0.25, 0.3) is 11.1 Å². The number of unbranched alkanes of at least 4 members (excludes halogenated alkanes) is 2. The van der Waals surface area contributed by atoms with E-state index < -0.39 is 15.8 Å². The van der Waals surface area contributed by atoms with Gasteiger partial charge in [-0.3, -0.25) is 0 Å². The maximum atomic E-state index is 13.1. The summed E-state index contributed by atoms with van der Waals surface area (Å²) in [5.74, 6) is -1.20. The van der Waals surface area contributed by atoms with Gasteiger partial charge in [-0.1, -0.05) is 57.4 Å². The van der Waals surface area contributed by atoms with Gasteiger partial charge in [0.25, 0.3) is 0 Å². The van der Waals surface area contributed by atoms with Crippen molar-refractivity contribution in [3.63, 3.8) is 0 Å². The highest BCUT2D eigenvalue weighted by atomic mass is 32.2. The van der Waals surface area contributed by atoms with E-state index in [0.717, 1.165) is 55.5 Å². The van der Waals surface area contributed by atoms with E-state index in [9.17, 15) is 18.3 Å². The van der Waals surface area contributed by atoms with Crippen LogP contribution in [0.3, 0.4) is 0 Å². The van der Waals surface area contributed by atoms with Crippen LogP contribution in [-0.4, -0.2) is 38.3 Å². The Morgan fingerprint density at radius 3 is 2.06 bits per heavy atom. The minimum absolute atomic E-state index is 0.00790. The van der Waals surface area contributed by atoms with Gasteiger partial charge in [-0.05, 0) is 49.9 Å².